The SMILES string of the molecule is CCCCCCCCNC(=O)[C@@H]1C[C@H]1c1ccc(N2CC(C(=O)O)CC2=O)cc1. The van der Waals surface area contributed by atoms with E-state index < -0.39 is 11.9 Å². The number of unbranched alkanes of at least 4 members (excludes halogenated alkanes) is 5. The summed E-state index contributed by atoms with van der Waals surface area (Å²) in [7, 11) is 0. The van der Waals surface area contributed by atoms with Gasteiger partial charge in [-0.15, -0.1) is 0 Å². The first-order chi connectivity index (χ1) is 14.0. The lowest BCUT2D eigenvalue weighted by Crippen LogP contribution is -2.26. The number of rotatable bonds is 11. The average molecular weight is 401 g/mol. The molecule has 1 aliphatic carbocycles. The van der Waals surface area contributed by atoms with E-state index in [9.17, 15) is 14.4 Å². The molecule has 2 N–H and O–H groups in total. The Hall–Kier alpha value is -2.37. The van der Waals surface area contributed by atoms with E-state index in [4.69, 9.17) is 5.11 Å². The third-order valence-corrected chi connectivity index (χ3v) is 6.06. The van der Waals surface area contributed by atoms with Crippen LogP contribution in [0.3, 0.4) is 0 Å². The third-order valence-electron chi connectivity index (χ3n) is 6.06. The smallest absolute Gasteiger partial charge is 0.308 e. The summed E-state index contributed by atoms with van der Waals surface area (Å²) in [5, 5.41) is 12.2. The number of anilines is 1. The Morgan fingerprint density at radius 3 is 2.45 bits per heavy atom. The predicted molar refractivity (Wildman–Crippen MR) is 112 cm³/mol. The van der Waals surface area contributed by atoms with Gasteiger partial charge in [0, 0.05) is 31.1 Å². The summed E-state index contributed by atoms with van der Waals surface area (Å²) in [5.74, 6) is -1.27. The standard InChI is InChI=1S/C23H32N2O4/c1-2-3-4-5-6-7-12-24-22(27)20-14-19(20)16-8-10-18(11-9-16)25-15-17(23(28)29)13-21(25)26/h8-11,17,19-20H,2-7,12-15H2,1H3,(H,24,27)(H,28,29)/t17?,19-,20+/m0/s1. The van der Waals surface area contributed by atoms with Gasteiger partial charge >= 0.3 is 5.97 Å². The summed E-state index contributed by atoms with van der Waals surface area (Å²) >= 11 is 0. The normalized spacial score (nSPS) is 23.3. The predicted octanol–water partition coefficient (Wildman–Crippen LogP) is 3.70. The van der Waals surface area contributed by atoms with E-state index in [1.807, 2.05) is 24.3 Å². The van der Waals surface area contributed by atoms with Crippen molar-refractivity contribution >= 4 is 23.5 Å². The minimum Gasteiger partial charge on any atom is -0.481 e. The average Bonchev–Trinajstić information content (AvgIpc) is 3.42. The molecule has 1 aliphatic heterocycles. The van der Waals surface area contributed by atoms with Gasteiger partial charge in [0.15, 0.2) is 0 Å². The molecular weight excluding hydrogens is 368 g/mol. The van der Waals surface area contributed by atoms with Gasteiger partial charge in [0.1, 0.15) is 0 Å². The van der Waals surface area contributed by atoms with Crippen LogP contribution in [-0.4, -0.2) is 36.0 Å². The largest absolute Gasteiger partial charge is 0.481 e. The molecule has 158 valence electrons. The zero-order chi connectivity index (χ0) is 20.8. The van der Waals surface area contributed by atoms with Crippen LogP contribution < -0.4 is 10.2 Å². The Morgan fingerprint density at radius 2 is 1.79 bits per heavy atom. The maximum absolute atomic E-state index is 12.3. The molecular formula is C23H32N2O4. The first-order valence-electron chi connectivity index (χ1n) is 10.9. The van der Waals surface area contributed by atoms with Crippen LogP contribution in [0.5, 0.6) is 0 Å². The molecule has 2 aliphatic rings. The number of carboxylic acid groups (broad SMARTS) is 1. The van der Waals surface area contributed by atoms with E-state index in [1.165, 1.54) is 32.1 Å². The minimum atomic E-state index is -0.926. The van der Waals surface area contributed by atoms with Crippen molar-refractivity contribution in [1.29, 1.82) is 0 Å². The molecule has 2 fully saturated rings. The van der Waals surface area contributed by atoms with Gasteiger partial charge < -0.3 is 15.3 Å². The highest BCUT2D eigenvalue weighted by Crippen LogP contribution is 2.47. The van der Waals surface area contributed by atoms with E-state index in [0.29, 0.717) is 0 Å². The van der Waals surface area contributed by atoms with Crippen LogP contribution in [-0.2, 0) is 14.4 Å². The van der Waals surface area contributed by atoms with Gasteiger partial charge in [-0.25, -0.2) is 0 Å². The molecule has 3 rings (SSSR count). The van der Waals surface area contributed by atoms with Gasteiger partial charge in [-0.05, 0) is 36.5 Å². The summed E-state index contributed by atoms with van der Waals surface area (Å²) in [6.07, 6.45) is 8.21. The Balaban J connectivity index is 1.42. The quantitative estimate of drug-likeness (QED) is 0.555. The van der Waals surface area contributed by atoms with E-state index in [0.717, 1.165) is 30.6 Å². The molecule has 3 atom stereocenters. The van der Waals surface area contributed by atoms with E-state index >= 15 is 0 Å². The van der Waals surface area contributed by atoms with Crippen molar-refractivity contribution in [2.24, 2.45) is 11.8 Å². The number of hydrogen-bond donors (Lipinski definition) is 2. The van der Waals surface area contributed by atoms with Crippen LogP contribution >= 0.6 is 0 Å². The van der Waals surface area contributed by atoms with Crippen LogP contribution in [0.4, 0.5) is 5.69 Å². The molecule has 1 heterocycles. The van der Waals surface area contributed by atoms with Crippen LogP contribution in [0.1, 0.15) is 69.8 Å². The number of hydrogen-bond acceptors (Lipinski definition) is 3. The lowest BCUT2D eigenvalue weighted by atomic mass is 10.1. The van der Waals surface area contributed by atoms with Gasteiger partial charge in [0.25, 0.3) is 0 Å². The van der Waals surface area contributed by atoms with Crippen LogP contribution in [0.25, 0.3) is 0 Å². The van der Waals surface area contributed by atoms with Crippen LogP contribution in [0.15, 0.2) is 24.3 Å². The lowest BCUT2D eigenvalue weighted by Gasteiger charge is -2.16. The van der Waals surface area contributed by atoms with Crippen molar-refractivity contribution in [3.63, 3.8) is 0 Å². The third kappa shape index (κ3) is 5.58. The first-order valence-corrected chi connectivity index (χ1v) is 10.9. The Morgan fingerprint density at radius 1 is 1.10 bits per heavy atom. The molecule has 29 heavy (non-hydrogen) atoms. The fourth-order valence-corrected chi connectivity index (χ4v) is 4.13. The fraction of sp³-hybridized carbons (Fsp3) is 0.609. The number of carboxylic acids is 1. The topological polar surface area (TPSA) is 86.7 Å². The summed E-state index contributed by atoms with van der Waals surface area (Å²) in [6, 6.07) is 7.65. The molecule has 6 heteroatoms. The number of carbonyl (C=O) groups excluding carboxylic acids is 2. The highest BCUT2D eigenvalue weighted by Gasteiger charge is 2.43. The molecule has 0 spiro atoms. The number of aliphatic carboxylic acids is 1. The van der Waals surface area contributed by atoms with Crippen molar-refractivity contribution in [2.75, 3.05) is 18.0 Å². The molecule has 0 radical (unpaired) electrons. The van der Waals surface area contributed by atoms with Crippen molar-refractivity contribution in [3.8, 4) is 0 Å². The van der Waals surface area contributed by atoms with Crippen molar-refractivity contribution in [1.82, 2.24) is 5.32 Å². The van der Waals surface area contributed by atoms with Crippen molar-refractivity contribution < 1.29 is 19.5 Å². The Labute approximate surface area is 172 Å². The van der Waals surface area contributed by atoms with Crippen molar-refractivity contribution in [2.45, 2.75) is 64.2 Å². The van der Waals surface area contributed by atoms with E-state index in [2.05, 4.69) is 12.2 Å². The number of amides is 2. The van der Waals surface area contributed by atoms with Gasteiger partial charge in [0.2, 0.25) is 11.8 Å². The number of nitrogens with one attached hydrogen (secondary N) is 1. The highest BCUT2D eigenvalue weighted by molar-refractivity contribution is 5.99. The second kappa shape index (κ2) is 9.90. The minimum absolute atomic E-state index is 0.0470. The molecule has 1 aromatic rings. The van der Waals surface area contributed by atoms with E-state index in [1.54, 1.807) is 4.90 Å². The zero-order valence-electron chi connectivity index (χ0n) is 17.2. The maximum atomic E-state index is 12.3. The molecule has 1 saturated heterocycles. The number of carbonyl (C=O) groups is 3. The molecule has 1 unspecified atom stereocenters. The van der Waals surface area contributed by atoms with Crippen molar-refractivity contribution in [3.05, 3.63) is 29.8 Å². The van der Waals surface area contributed by atoms with Gasteiger partial charge in [-0.3, -0.25) is 14.4 Å². The second-order valence-electron chi connectivity index (χ2n) is 8.34. The van der Waals surface area contributed by atoms with Crippen LogP contribution in [0, 0.1) is 11.8 Å². The lowest BCUT2D eigenvalue weighted by molar-refractivity contribution is -0.141. The van der Waals surface area contributed by atoms with Gasteiger partial charge in [-0.1, -0.05) is 51.2 Å². The molecule has 2 amide bonds. The number of nitrogens with zero attached hydrogens (tertiary/aromatic N) is 1. The number of benzene rings is 1. The van der Waals surface area contributed by atoms with E-state index in [-0.39, 0.29) is 36.6 Å². The molecule has 6 nitrogen and oxygen atoms in total. The molecule has 1 saturated carbocycles. The molecule has 0 bridgehead atoms. The highest BCUT2D eigenvalue weighted by atomic mass is 16.4. The summed E-state index contributed by atoms with van der Waals surface area (Å²) in [5.41, 5.74) is 1.84. The van der Waals surface area contributed by atoms with Gasteiger partial charge in [0.05, 0.1) is 5.92 Å². The maximum Gasteiger partial charge on any atom is 0.308 e. The summed E-state index contributed by atoms with van der Waals surface area (Å²) in [6.45, 7) is 3.19. The summed E-state index contributed by atoms with van der Waals surface area (Å²) in [4.78, 5) is 37.0. The monoisotopic (exact) mass is 400 g/mol. The Bertz CT molecular complexity index is 731. The van der Waals surface area contributed by atoms with Gasteiger partial charge in [-0.2, -0.15) is 0 Å². The zero-order valence-corrected chi connectivity index (χ0v) is 17.2. The first kappa shape index (κ1) is 21.3. The fourth-order valence-electron chi connectivity index (χ4n) is 4.13. The van der Waals surface area contributed by atoms with Crippen LogP contribution in [0.2, 0.25) is 0 Å². The molecule has 1 aromatic carbocycles. The Kier molecular flexibility index (Phi) is 7.29. The summed E-state index contributed by atoms with van der Waals surface area (Å²) < 4.78 is 0. The molecule has 0 aromatic heterocycles. The second-order valence-corrected chi connectivity index (χ2v) is 8.34.